The SMILES string of the molecule is C[n+]1c2ccccc2c(C(=O)O)c2c(-c3ccc(CC(C(=O)O)N4C(=O)CCC4=O)cc3)cccc21.O=S(=O)([O-])F. The van der Waals surface area contributed by atoms with E-state index in [0.29, 0.717) is 16.3 Å². The molecular formula is C28H23FN2O9S. The third-order valence-corrected chi connectivity index (χ3v) is 6.78. The molecule has 1 atom stereocenters. The Bertz CT molecular complexity index is 1800. The molecule has 11 nitrogen and oxygen atoms in total. The van der Waals surface area contributed by atoms with Crippen LogP contribution in [0.1, 0.15) is 28.8 Å². The summed E-state index contributed by atoms with van der Waals surface area (Å²) in [5.74, 6) is -3.20. The van der Waals surface area contributed by atoms with Crippen molar-refractivity contribution in [3.63, 3.8) is 0 Å². The number of carboxylic acids is 2. The van der Waals surface area contributed by atoms with Gasteiger partial charge in [0.05, 0.1) is 16.3 Å². The lowest BCUT2D eigenvalue weighted by Gasteiger charge is -2.22. The fourth-order valence-corrected chi connectivity index (χ4v) is 5.06. The third kappa shape index (κ3) is 6.21. The number of halogens is 1. The van der Waals surface area contributed by atoms with E-state index in [1.54, 1.807) is 30.3 Å². The number of imide groups is 1. The van der Waals surface area contributed by atoms with Crippen LogP contribution in [0, 0.1) is 0 Å². The van der Waals surface area contributed by atoms with Gasteiger partial charge >= 0.3 is 11.9 Å². The standard InChI is InChI=1S/C28H22N2O6.FHO3S/c1-29-20-7-3-2-5-19(20)26(28(35)36)25-18(6-4-8-21(25)29)17-11-9-16(10-12-17)15-22(27(33)34)30-23(31)13-14-24(30)32;1-5(2,3)4/h2-12,22H,13-15H2,1H3,(H-,33,34,35,36);(H,2,3,4). The molecule has 4 aromatic rings. The van der Waals surface area contributed by atoms with Crippen LogP contribution in [0.2, 0.25) is 0 Å². The van der Waals surface area contributed by atoms with E-state index in [1.807, 2.05) is 48.0 Å². The van der Waals surface area contributed by atoms with E-state index in [2.05, 4.69) is 0 Å². The molecule has 212 valence electrons. The minimum Gasteiger partial charge on any atom is -0.722 e. The molecule has 1 aliphatic heterocycles. The molecule has 0 saturated carbocycles. The number of hydrogen-bond acceptors (Lipinski definition) is 7. The second-order valence-corrected chi connectivity index (χ2v) is 10.0. The maximum Gasteiger partial charge on any atom is 0.337 e. The van der Waals surface area contributed by atoms with Gasteiger partial charge in [-0.25, -0.2) is 18.0 Å². The summed E-state index contributed by atoms with van der Waals surface area (Å²) in [6, 6.07) is 18.8. The van der Waals surface area contributed by atoms with E-state index in [4.69, 9.17) is 13.0 Å². The zero-order valence-corrected chi connectivity index (χ0v) is 22.3. The summed E-state index contributed by atoms with van der Waals surface area (Å²) >= 11 is 0. The molecule has 2 heterocycles. The number of carbonyl (C=O) groups is 4. The van der Waals surface area contributed by atoms with Crippen LogP contribution >= 0.6 is 0 Å². The number of amides is 2. The van der Waals surface area contributed by atoms with Gasteiger partial charge in [0.25, 0.3) is 10.5 Å². The molecule has 5 rings (SSSR count). The number of likely N-dealkylation sites (tertiary alicyclic amines) is 1. The smallest absolute Gasteiger partial charge is 0.337 e. The lowest BCUT2D eigenvalue weighted by Crippen LogP contribution is -2.45. The molecule has 0 spiro atoms. The molecule has 1 unspecified atom stereocenters. The van der Waals surface area contributed by atoms with Crippen molar-refractivity contribution in [1.29, 1.82) is 0 Å². The van der Waals surface area contributed by atoms with Crippen molar-refractivity contribution in [3.05, 3.63) is 77.9 Å². The van der Waals surface area contributed by atoms with E-state index in [9.17, 15) is 33.3 Å². The van der Waals surface area contributed by atoms with Gasteiger partial charge in [-0.3, -0.25) is 14.5 Å². The second kappa shape index (κ2) is 11.4. The summed E-state index contributed by atoms with van der Waals surface area (Å²) in [5, 5.41) is 21.1. The van der Waals surface area contributed by atoms with E-state index >= 15 is 0 Å². The lowest BCUT2D eigenvalue weighted by atomic mass is 9.93. The van der Waals surface area contributed by atoms with Gasteiger partial charge in [0.1, 0.15) is 13.1 Å². The van der Waals surface area contributed by atoms with Gasteiger partial charge in [0.15, 0.2) is 0 Å². The summed E-state index contributed by atoms with van der Waals surface area (Å²) in [6.45, 7) is 0. The largest absolute Gasteiger partial charge is 0.722 e. The number of carbonyl (C=O) groups excluding carboxylic acids is 2. The summed E-state index contributed by atoms with van der Waals surface area (Å²) in [6.07, 6.45) is 0.0455. The maximum atomic E-state index is 12.4. The minimum atomic E-state index is -5.42. The number of fused-ring (bicyclic) bond motifs is 2. The number of benzene rings is 3. The van der Waals surface area contributed by atoms with Gasteiger partial charge in [-0.05, 0) is 22.8 Å². The first kappa shape index (κ1) is 29.2. The first-order valence-corrected chi connectivity index (χ1v) is 13.5. The van der Waals surface area contributed by atoms with Crippen LogP contribution in [-0.4, -0.2) is 57.9 Å². The number of nitrogens with zero attached hydrogens (tertiary/aromatic N) is 2. The number of para-hydroxylation sites is 1. The average molecular weight is 583 g/mol. The van der Waals surface area contributed by atoms with Crippen molar-refractivity contribution in [1.82, 2.24) is 4.90 Å². The van der Waals surface area contributed by atoms with E-state index in [0.717, 1.165) is 27.1 Å². The maximum absolute atomic E-state index is 12.4. The fourth-order valence-electron chi connectivity index (χ4n) is 5.06. The first-order valence-electron chi connectivity index (χ1n) is 12.2. The van der Waals surface area contributed by atoms with Gasteiger partial charge in [0, 0.05) is 31.4 Å². The Morgan fingerprint density at radius 1 is 0.951 bits per heavy atom. The number of aliphatic carboxylic acids is 1. The number of aromatic carboxylic acids is 1. The van der Waals surface area contributed by atoms with Crippen LogP contribution < -0.4 is 4.57 Å². The molecule has 13 heteroatoms. The van der Waals surface area contributed by atoms with Crippen LogP contribution in [0.4, 0.5) is 3.89 Å². The lowest BCUT2D eigenvalue weighted by molar-refractivity contribution is -0.617. The summed E-state index contributed by atoms with van der Waals surface area (Å²) in [4.78, 5) is 49.3. The molecule has 1 fully saturated rings. The van der Waals surface area contributed by atoms with E-state index in [1.165, 1.54) is 0 Å². The monoisotopic (exact) mass is 582 g/mol. The Labute approximate surface area is 233 Å². The molecule has 1 saturated heterocycles. The molecule has 1 aliphatic rings. The van der Waals surface area contributed by atoms with Crippen LogP contribution in [0.25, 0.3) is 32.9 Å². The van der Waals surface area contributed by atoms with Crippen LogP contribution in [0.3, 0.4) is 0 Å². The Balaban J connectivity index is 0.000000714. The molecule has 1 aromatic heterocycles. The number of aromatic nitrogens is 1. The van der Waals surface area contributed by atoms with Crippen LogP contribution in [-0.2, 0) is 38.4 Å². The topological polar surface area (TPSA) is 173 Å². The van der Waals surface area contributed by atoms with Crippen molar-refractivity contribution in [3.8, 4) is 11.1 Å². The number of aryl methyl sites for hydroxylation is 1. The van der Waals surface area contributed by atoms with Crippen LogP contribution in [0.15, 0.2) is 66.7 Å². The van der Waals surface area contributed by atoms with Gasteiger partial charge in [0.2, 0.25) is 22.8 Å². The highest BCUT2D eigenvalue weighted by Gasteiger charge is 2.38. The van der Waals surface area contributed by atoms with E-state index in [-0.39, 0.29) is 24.8 Å². The highest BCUT2D eigenvalue weighted by Crippen LogP contribution is 2.34. The Morgan fingerprint density at radius 3 is 2.07 bits per heavy atom. The zero-order valence-electron chi connectivity index (χ0n) is 21.5. The van der Waals surface area contributed by atoms with Crippen molar-refractivity contribution in [2.75, 3.05) is 0 Å². The molecule has 2 N–H and O–H groups in total. The van der Waals surface area contributed by atoms with Crippen molar-refractivity contribution >= 4 is 56.1 Å². The quantitative estimate of drug-likeness (QED) is 0.114. The number of carboxylic acid groups (broad SMARTS) is 2. The Kier molecular flexibility index (Phi) is 8.12. The predicted octanol–water partition coefficient (Wildman–Crippen LogP) is 2.74. The number of pyridine rings is 1. The van der Waals surface area contributed by atoms with Crippen LogP contribution in [0.5, 0.6) is 0 Å². The Hall–Kier alpha value is -4.75. The highest BCUT2D eigenvalue weighted by molar-refractivity contribution is 7.80. The predicted molar refractivity (Wildman–Crippen MR) is 142 cm³/mol. The molecule has 0 aliphatic carbocycles. The fraction of sp³-hybridized carbons (Fsp3) is 0.179. The molecular weight excluding hydrogens is 559 g/mol. The summed E-state index contributed by atoms with van der Waals surface area (Å²) in [7, 11) is -3.52. The number of rotatable bonds is 6. The van der Waals surface area contributed by atoms with Crippen molar-refractivity contribution in [2.24, 2.45) is 7.05 Å². The minimum absolute atomic E-state index is 0.0113. The highest BCUT2D eigenvalue weighted by atomic mass is 32.3. The van der Waals surface area contributed by atoms with Gasteiger partial charge in [-0.15, -0.1) is 3.89 Å². The molecule has 0 bridgehead atoms. The zero-order chi connectivity index (χ0) is 30.1. The van der Waals surface area contributed by atoms with Gasteiger partial charge in [-0.2, -0.15) is 4.57 Å². The molecule has 0 radical (unpaired) electrons. The number of hydrogen-bond donors (Lipinski definition) is 2. The summed E-state index contributed by atoms with van der Waals surface area (Å²) in [5.41, 5.74) is 3.94. The van der Waals surface area contributed by atoms with E-state index < -0.39 is 40.3 Å². The summed E-state index contributed by atoms with van der Waals surface area (Å²) < 4.78 is 37.3. The molecule has 3 aromatic carbocycles. The average Bonchev–Trinajstić information content (AvgIpc) is 3.23. The van der Waals surface area contributed by atoms with Crippen molar-refractivity contribution < 1.29 is 50.8 Å². The third-order valence-electron chi connectivity index (χ3n) is 6.78. The molecule has 2 amide bonds. The first-order chi connectivity index (χ1) is 19.3. The van der Waals surface area contributed by atoms with Gasteiger partial charge in [-0.1, -0.05) is 48.5 Å². The normalized spacial score (nSPS) is 14.2. The molecule has 41 heavy (non-hydrogen) atoms. The van der Waals surface area contributed by atoms with Gasteiger partial charge < -0.3 is 14.8 Å². The second-order valence-electron chi connectivity index (χ2n) is 9.26. The van der Waals surface area contributed by atoms with Crippen molar-refractivity contribution in [2.45, 2.75) is 25.3 Å². The Morgan fingerprint density at radius 2 is 1.51 bits per heavy atom.